The summed E-state index contributed by atoms with van der Waals surface area (Å²) in [5, 5.41) is 0.953. The van der Waals surface area contributed by atoms with Crippen LogP contribution >= 0.6 is 0 Å². The molecule has 6 heteroatoms. The maximum Gasteiger partial charge on any atom is 0.154 e. The predicted octanol–water partition coefficient (Wildman–Crippen LogP) is 1.56. The lowest BCUT2D eigenvalue weighted by molar-refractivity contribution is 0.429. The highest BCUT2D eigenvalue weighted by Crippen LogP contribution is 2.34. The third-order valence-corrected chi connectivity index (χ3v) is 5.94. The molecule has 1 aromatic heterocycles. The number of nitrogens with one attached hydrogen (secondary N) is 1. The Labute approximate surface area is 119 Å². The molecule has 0 aliphatic heterocycles. The number of fused-ring (bicyclic) bond motifs is 1. The third kappa shape index (κ3) is 2.42. The van der Waals surface area contributed by atoms with Crippen molar-refractivity contribution in [3.8, 4) is 0 Å². The molecule has 0 fully saturated rings. The molecule has 0 saturated carbocycles. The molecule has 0 aliphatic rings. The second-order valence-corrected chi connectivity index (χ2v) is 7.99. The summed E-state index contributed by atoms with van der Waals surface area (Å²) in [5.74, 6) is 5.64. The van der Waals surface area contributed by atoms with Gasteiger partial charge in [0.25, 0.3) is 0 Å². The van der Waals surface area contributed by atoms with Gasteiger partial charge in [0, 0.05) is 17.8 Å². The van der Waals surface area contributed by atoms with Crippen molar-refractivity contribution in [3.63, 3.8) is 0 Å². The van der Waals surface area contributed by atoms with Gasteiger partial charge in [-0.25, -0.2) is 8.42 Å². The molecule has 0 aliphatic carbocycles. The molecule has 2 aromatic rings. The molecule has 20 heavy (non-hydrogen) atoms. The zero-order chi connectivity index (χ0) is 15.0. The number of rotatable bonds is 4. The van der Waals surface area contributed by atoms with Crippen molar-refractivity contribution in [3.05, 3.63) is 42.1 Å². The fourth-order valence-corrected chi connectivity index (χ4v) is 2.86. The monoisotopic (exact) mass is 293 g/mol. The van der Waals surface area contributed by atoms with Gasteiger partial charge in [0.05, 0.1) is 16.3 Å². The highest BCUT2D eigenvalue weighted by Gasteiger charge is 2.40. The highest BCUT2D eigenvalue weighted by atomic mass is 32.2. The molecular weight excluding hydrogens is 274 g/mol. The number of nitrogens with two attached hydrogens (primary N) is 1. The van der Waals surface area contributed by atoms with Crippen molar-refractivity contribution >= 4 is 20.7 Å². The minimum Gasteiger partial charge on any atom is -0.271 e. The average molecular weight is 293 g/mol. The Morgan fingerprint density at radius 2 is 1.90 bits per heavy atom. The van der Waals surface area contributed by atoms with Gasteiger partial charge in [0.1, 0.15) is 0 Å². The van der Waals surface area contributed by atoms with E-state index in [1.165, 1.54) is 6.26 Å². The van der Waals surface area contributed by atoms with E-state index in [1.807, 2.05) is 30.3 Å². The van der Waals surface area contributed by atoms with Crippen molar-refractivity contribution in [2.45, 2.75) is 24.6 Å². The van der Waals surface area contributed by atoms with Crippen LogP contribution in [-0.2, 0) is 9.84 Å². The van der Waals surface area contributed by atoms with E-state index < -0.39 is 20.6 Å². The summed E-state index contributed by atoms with van der Waals surface area (Å²) in [6.07, 6.45) is 2.91. The molecule has 0 bridgehead atoms. The van der Waals surface area contributed by atoms with Gasteiger partial charge in [-0.05, 0) is 25.5 Å². The van der Waals surface area contributed by atoms with E-state index in [1.54, 1.807) is 20.0 Å². The summed E-state index contributed by atoms with van der Waals surface area (Å²) in [7, 11) is -3.30. The first-order valence-electron chi connectivity index (χ1n) is 6.28. The number of benzene rings is 1. The van der Waals surface area contributed by atoms with Crippen LogP contribution in [0.2, 0.25) is 0 Å². The van der Waals surface area contributed by atoms with Crippen LogP contribution in [0.5, 0.6) is 0 Å². The zero-order valence-corrected chi connectivity index (χ0v) is 12.6. The van der Waals surface area contributed by atoms with Gasteiger partial charge in [-0.1, -0.05) is 24.3 Å². The molecule has 1 aromatic carbocycles. The largest absolute Gasteiger partial charge is 0.271 e. The van der Waals surface area contributed by atoms with Crippen molar-refractivity contribution in [1.82, 2.24) is 10.4 Å². The van der Waals surface area contributed by atoms with Gasteiger partial charge in [-0.3, -0.25) is 16.3 Å². The smallest absolute Gasteiger partial charge is 0.154 e. The van der Waals surface area contributed by atoms with Crippen molar-refractivity contribution < 1.29 is 8.42 Å². The molecule has 0 spiro atoms. The lowest BCUT2D eigenvalue weighted by Crippen LogP contribution is -2.47. The maximum absolute atomic E-state index is 12.0. The topological polar surface area (TPSA) is 85.1 Å². The molecule has 108 valence electrons. The van der Waals surface area contributed by atoms with Gasteiger partial charge in [-0.15, -0.1) is 0 Å². The molecule has 1 atom stereocenters. The van der Waals surface area contributed by atoms with Gasteiger partial charge in [0.2, 0.25) is 0 Å². The fraction of sp³-hybridized carbons (Fsp3) is 0.357. The van der Waals surface area contributed by atoms with Crippen molar-refractivity contribution in [1.29, 1.82) is 0 Å². The Balaban J connectivity index is 2.68. The number of hydrazine groups is 1. The first-order valence-corrected chi connectivity index (χ1v) is 8.17. The van der Waals surface area contributed by atoms with E-state index in [4.69, 9.17) is 5.84 Å². The maximum atomic E-state index is 12.0. The molecule has 0 radical (unpaired) electrons. The highest BCUT2D eigenvalue weighted by molar-refractivity contribution is 7.92. The second kappa shape index (κ2) is 5.12. The summed E-state index contributed by atoms with van der Waals surface area (Å²) < 4.78 is 23.0. The number of pyridine rings is 1. The van der Waals surface area contributed by atoms with Gasteiger partial charge < -0.3 is 0 Å². The fourth-order valence-electron chi connectivity index (χ4n) is 2.24. The number of para-hydroxylation sites is 1. The minimum absolute atomic E-state index is 0.545. The number of sulfone groups is 1. The molecule has 1 unspecified atom stereocenters. The second-order valence-electron chi connectivity index (χ2n) is 5.40. The quantitative estimate of drug-likeness (QED) is 0.660. The predicted molar refractivity (Wildman–Crippen MR) is 80.7 cm³/mol. The zero-order valence-electron chi connectivity index (χ0n) is 11.8. The summed E-state index contributed by atoms with van der Waals surface area (Å²) >= 11 is 0. The normalized spacial score (nSPS) is 14.4. The van der Waals surface area contributed by atoms with Crippen LogP contribution in [0.4, 0.5) is 0 Å². The number of hydrogen-bond acceptors (Lipinski definition) is 5. The van der Waals surface area contributed by atoms with Crippen LogP contribution in [-0.4, -0.2) is 24.4 Å². The number of hydrogen-bond donors (Lipinski definition) is 2. The van der Waals surface area contributed by atoms with E-state index in [-0.39, 0.29) is 0 Å². The Morgan fingerprint density at radius 3 is 2.50 bits per heavy atom. The Hall–Kier alpha value is -1.50. The van der Waals surface area contributed by atoms with Crippen LogP contribution < -0.4 is 11.3 Å². The average Bonchev–Trinajstić information content (AvgIpc) is 2.38. The van der Waals surface area contributed by atoms with Crippen molar-refractivity contribution in [2.24, 2.45) is 5.84 Å². The summed E-state index contributed by atoms with van der Waals surface area (Å²) in [6, 6.07) is 8.91. The number of aromatic nitrogens is 1. The Bertz CT molecular complexity index is 721. The molecule has 3 N–H and O–H groups in total. The summed E-state index contributed by atoms with van der Waals surface area (Å²) in [6.45, 7) is 3.32. The van der Waals surface area contributed by atoms with Gasteiger partial charge in [0.15, 0.2) is 9.84 Å². The van der Waals surface area contributed by atoms with Gasteiger partial charge in [-0.2, -0.15) is 0 Å². The molecule has 5 nitrogen and oxygen atoms in total. The summed E-state index contributed by atoms with van der Waals surface area (Å²) in [4.78, 5) is 4.36. The first kappa shape index (κ1) is 14.9. The molecular formula is C14H19N3O2S. The number of nitrogens with zero attached hydrogens (tertiary/aromatic N) is 1. The Kier molecular flexibility index (Phi) is 3.82. The van der Waals surface area contributed by atoms with Crippen LogP contribution in [0, 0.1) is 0 Å². The third-order valence-electron chi connectivity index (χ3n) is 3.79. The minimum atomic E-state index is -3.30. The van der Waals surface area contributed by atoms with Crippen LogP contribution in [0.25, 0.3) is 10.9 Å². The lowest BCUT2D eigenvalue weighted by Gasteiger charge is -2.32. The first-order chi connectivity index (χ1) is 9.29. The summed E-state index contributed by atoms with van der Waals surface area (Å²) in [5.41, 5.74) is 4.18. The SMILES string of the molecule is CC(C)(C(NN)c1cccc2cccnc12)S(C)(=O)=O. The van der Waals surface area contributed by atoms with E-state index in [0.29, 0.717) is 0 Å². The molecule has 0 amide bonds. The Morgan fingerprint density at radius 1 is 1.25 bits per heavy atom. The van der Waals surface area contributed by atoms with E-state index in [0.717, 1.165) is 16.5 Å². The van der Waals surface area contributed by atoms with Crippen molar-refractivity contribution in [2.75, 3.05) is 6.26 Å². The van der Waals surface area contributed by atoms with Gasteiger partial charge >= 0.3 is 0 Å². The van der Waals surface area contributed by atoms with E-state index >= 15 is 0 Å². The van der Waals surface area contributed by atoms with E-state index in [9.17, 15) is 8.42 Å². The van der Waals surface area contributed by atoms with E-state index in [2.05, 4.69) is 10.4 Å². The molecule has 2 rings (SSSR count). The lowest BCUT2D eigenvalue weighted by atomic mass is 9.93. The standard InChI is InChI=1S/C14H19N3O2S/c1-14(2,20(3,18)19)13(17-15)11-8-4-6-10-7-5-9-16-12(10)11/h4-9,13,17H,15H2,1-3H3. The molecule has 1 heterocycles. The van der Waals surface area contributed by atoms with Crippen LogP contribution in [0.15, 0.2) is 36.5 Å². The molecule has 0 saturated heterocycles. The van der Waals surface area contributed by atoms with Crippen LogP contribution in [0.1, 0.15) is 25.5 Å². The van der Waals surface area contributed by atoms with Crippen LogP contribution in [0.3, 0.4) is 0 Å².